The monoisotopic (exact) mass is 450 g/mol. The summed E-state index contributed by atoms with van der Waals surface area (Å²) >= 11 is 7.45. The third kappa shape index (κ3) is 4.55. The molecule has 0 aliphatic carbocycles. The van der Waals surface area contributed by atoms with Crippen molar-refractivity contribution in [1.82, 2.24) is 4.98 Å². The number of rotatable bonds is 6. The lowest BCUT2D eigenvalue weighted by atomic mass is 10.1. The van der Waals surface area contributed by atoms with Crippen molar-refractivity contribution in [2.45, 2.75) is 0 Å². The Morgan fingerprint density at radius 3 is 2.26 bits per heavy atom. The minimum Gasteiger partial charge on any atom is -0.493 e. The molecule has 3 aromatic carbocycles. The van der Waals surface area contributed by atoms with Crippen LogP contribution in [-0.2, 0) is 0 Å². The standard InChI is InChI=1S/C24H19ClN2O3S/c1-29-19-13-10-17(14-20(19)30-2)23-26-21(15-8-11-18(25)12-9-15)24(31-23)27-22(28)16-6-4-3-5-7-16/h3-14H,1-2H3,(H,27,28). The van der Waals surface area contributed by atoms with Gasteiger partial charge in [0.1, 0.15) is 15.7 Å². The molecule has 0 spiro atoms. The van der Waals surface area contributed by atoms with Gasteiger partial charge in [0.15, 0.2) is 11.5 Å². The fraction of sp³-hybridized carbons (Fsp3) is 0.0833. The zero-order valence-corrected chi connectivity index (χ0v) is 18.5. The summed E-state index contributed by atoms with van der Waals surface area (Å²) in [5.74, 6) is 1.05. The molecule has 4 aromatic rings. The molecule has 156 valence electrons. The molecular formula is C24H19ClN2O3S. The van der Waals surface area contributed by atoms with Gasteiger partial charge in [-0.3, -0.25) is 4.79 Å². The first-order chi connectivity index (χ1) is 15.1. The topological polar surface area (TPSA) is 60.5 Å². The largest absolute Gasteiger partial charge is 0.493 e. The Balaban J connectivity index is 1.77. The van der Waals surface area contributed by atoms with E-state index in [-0.39, 0.29) is 5.91 Å². The van der Waals surface area contributed by atoms with Crippen LogP contribution in [0.5, 0.6) is 11.5 Å². The summed E-state index contributed by atoms with van der Waals surface area (Å²) in [5, 5.41) is 5.04. The van der Waals surface area contributed by atoms with E-state index in [1.54, 1.807) is 38.5 Å². The SMILES string of the molecule is COc1ccc(-c2nc(-c3ccc(Cl)cc3)c(NC(=O)c3ccccc3)s2)cc1OC. The van der Waals surface area contributed by atoms with Gasteiger partial charge in [-0.25, -0.2) is 4.98 Å². The van der Waals surface area contributed by atoms with Crippen LogP contribution in [0.2, 0.25) is 5.02 Å². The van der Waals surface area contributed by atoms with Crippen LogP contribution >= 0.6 is 22.9 Å². The van der Waals surface area contributed by atoms with Gasteiger partial charge in [-0.1, -0.05) is 53.3 Å². The minimum absolute atomic E-state index is 0.196. The number of carbonyl (C=O) groups excluding carboxylic acids is 1. The molecule has 0 fully saturated rings. The Morgan fingerprint density at radius 1 is 0.903 bits per heavy atom. The van der Waals surface area contributed by atoms with Gasteiger partial charge in [0, 0.05) is 21.7 Å². The first kappa shape index (κ1) is 20.9. The van der Waals surface area contributed by atoms with Crippen molar-refractivity contribution in [3.05, 3.63) is 83.4 Å². The van der Waals surface area contributed by atoms with Crippen molar-refractivity contribution in [2.24, 2.45) is 0 Å². The second-order valence-electron chi connectivity index (χ2n) is 6.59. The average molecular weight is 451 g/mol. The Hall–Kier alpha value is -3.35. The molecule has 1 aromatic heterocycles. The molecule has 0 saturated carbocycles. The Bertz CT molecular complexity index is 1210. The number of carbonyl (C=O) groups is 1. The lowest BCUT2D eigenvalue weighted by Gasteiger charge is -2.08. The molecule has 31 heavy (non-hydrogen) atoms. The maximum Gasteiger partial charge on any atom is 0.256 e. The number of thiazole rings is 1. The molecule has 0 atom stereocenters. The van der Waals surface area contributed by atoms with Crippen LogP contribution in [0.1, 0.15) is 10.4 Å². The number of ether oxygens (including phenoxy) is 2. The summed E-state index contributed by atoms with van der Waals surface area (Å²) in [4.78, 5) is 17.6. The second kappa shape index (κ2) is 9.20. The van der Waals surface area contributed by atoms with Crippen molar-refractivity contribution in [1.29, 1.82) is 0 Å². The molecule has 0 saturated heterocycles. The van der Waals surface area contributed by atoms with Gasteiger partial charge in [-0.05, 0) is 42.5 Å². The van der Waals surface area contributed by atoms with Crippen molar-refractivity contribution in [3.8, 4) is 33.3 Å². The number of benzene rings is 3. The predicted molar refractivity (Wildman–Crippen MR) is 125 cm³/mol. The number of halogens is 1. The number of hydrogen-bond acceptors (Lipinski definition) is 5. The Labute approximate surface area is 189 Å². The van der Waals surface area contributed by atoms with E-state index in [0.29, 0.717) is 32.8 Å². The van der Waals surface area contributed by atoms with Gasteiger partial charge >= 0.3 is 0 Å². The smallest absolute Gasteiger partial charge is 0.256 e. The molecule has 1 N–H and O–H groups in total. The highest BCUT2D eigenvalue weighted by Gasteiger charge is 2.18. The minimum atomic E-state index is -0.196. The molecular weight excluding hydrogens is 432 g/mol. The molecule has 1 heterocycles. The molecule has 4 rings (SSSR count). The molecule has 7 heteroatoms. The van der Waals surface area contributed by atoms with Crippen LogP contribution in [0.3, 0.4) is 0 Å². The highest BCUT2D eigenvalue weighted by atomic mass is 35.5. The number of anilines is 1. The van der Waals surface area contributed by atoms with E-state index >= 15 is 0 Å². The van der Waals surface area contributed by atoms with E-state index in [0.717, 1.165) is 16.1 Å². The summed E-state index contributed by atoms with van der Waals surface area (Å²) in [6.07, 6.45) is 0. The van der Waals surface area contributed by atoms with Crippen LogP contribution in [-0.4, -0.2) is 25.1 Å². The third-order valence-corrected chi connectivity index (χ3v) is 5.91. The molecule has 0 bridgehead atoms. The van der Waals surface area contributed by atoms with Crippen LogP contribution in [0.4, 0.5) is 5.00 Å². The maximum absolute atomic E-state index is 12.8. The van der Waals surface area contributed by atoms with E-state index in [4.69, 9.17) is 26.1 Å². The molecule has 0 radical (unpaired) electrons. The third-order valence-electron chi connectivity index (χ3n) is 4.64. The number of nitrogens with one attached hydrogen (secondary N) is 1. The number of nitrogens with zero attached hydrogens (tertiary/aromatic N) is 1. The maximum atomic E-state index is 12.8. The Morgan fingerprint density at radius 2 is 1.58 bits per heavy atom. The zero-order valence-electron chi connectivity index (χ0n) is 16.9. The zero-order chi connectivity index (χ0) is 21.8. The summed E-state index contributed by atoms with van der Waals surface area (Å²) in [5.41, 5.74) is 2.97. The predicted octanol–water partition coefficient (Wildman–Crippen LogP) is 6.40. The highest BCUT2D eigenvalue weighted by Crippen LogP contribution is 2.40. The van der Waals surface area contributed by atoms with Crippen molar-refractivity contribution in [3.63, 3.8) is 0 Å². The summed E-state index contributed by atoms with van der Waals surface area (Å²) in [7, 11) is 3.19. The molecule has 1 amide bonds. The van der Waals surface area contributed by atoms with Crippen molar-refractivity contribution in [2.75, 3.05) is 19.5 Å². The highest BCUT2D eigenvalue weighted by molar-refractivity contribution is 7.19. The van der Waals surface area contributed by atoms with Gasteiger partial charge in [0.2, 0.25) is 0 Å². The van der Waals surface area contributed by atoms with E-state index in [9.17, 15) is 4.79 Å². The van der Waals surface area contributed by atoms with Gasteiger partial charge in [-0.15, -0.1) is 0 Å². The summed E-state index contributed by atoms with van der Waals surface area (Å²) in [6.45, 7) is 0. The Kier molecular flexibility index (Phi) is 6.21. The first-order valence-corrected chi connectivity index (χ1v) is 10.6. The number of amides is 1. The van der Waals surface area contributed by atoms with Crippen LogP contribution in [0.15, 0.2) is 72.8 Å². The van der Waals surface area contributed by atoms with E-state index in [1.165, 1.54) is 11.3 Å². The second-order valence-corrected chi connectivity index (χ2v) is 8.03. The van der Waals surface area contributed by atoms with E-state index < -0.39 is 0 Å². The van der Waals surface area contributed by atoms with Crippen LogP contribution in [0.25, 0.3) is 21.8 Å². The van der Waals surface area contributed by atoms with Crippen LogP contribution in [0, 0.1) is 0 Å². The van der Waals surface area contributed by atoms with Crippen LogP contribution < -0.4 is 14.8 Å². The number of methoxy groups -OCH3 is 2. The fourth-order valence-electron chi connectivity index (χ4n) is 3.07. The average Bonchev–Trinajstić information content (AvgIpc) is 3.23. The summed E-state index contributed by atoms with van der Waals surface area (Å²) in [6, 6.07) is 22.1. The fourth-order valence-corrected chi connectivity index (χ4v) is 4.17. The number of hydrogen-bond donors (Lipinski definition) is 1. The van der Waals surface area contributed by atoms with Crippen molar-refractivity contribution < 1.29 is 14.3 Å². The van der Waals surface area contributed by atoms with E-state index in [1.807, 2.05) is 48.5 Å². The molecule has 0 unspecified atom stereocenters. The summed E-state index contributed by atoms with van der Waals surface area (Å²) < 4.78 is 10.7. The normalized spacial score (nSPS) is 10.5. The molecule has 0 aliphatic heterocycles. The van der Waals surface area contributed by atoms with Gasteiger partial charge in [0.25, 0.3) is 5.91 Å². The van der Waals surface area contributed by atoms with Gasteiger partial charge in [0.05, 0.1) is 14.2 Å². The molecule has 5 nitrogen and oxygen atoms in total. The lowest BCUT2D eigenvalue weighted by molar-refractivity contribution is 0.102. The number of aromatic nitrogens is 1. The molecule has 0 aliphatic rings. The quantitative estimate of drug-likeness (QED) is 0.369. The lowest BCUT2D eigenvalue weighted by Crippen LogP contribution is -2.11. The van der Waals surface area contributed by atoms with E-state index in [2.05, 4.69) is 5.32 Å². The van der Waals surface area contributed by atoms with Crippen molar-refractivity contribution >= 4 is 33.8 Å². The van der Waals surface area contributed by atoms with Gasteiger partial charge < -0.3 is 14.8 Å². The first-order valence-electron chi connectivity index (χ1n) is 9.44. The van der Waals surface area contributed by atoms with Gasteiger partial charge in [-0.2, -0.15) is 0 Å².